The van der Waals surface area contributed by atoms with E-state index in [1.807, 2.05) is 36.4 Å². The van der Waals surface area contributed by atoms with Gasteiger partial charge >= 0.3 is 0 Å². The van der Waals surface area contributed by atoms with Crippen molar-refractivity contribution in [3.8, 4) is 5.75 Å². The molecular formula is C20H27NO2. The Bertz CT molecular complexity index is 598. The van der Waals surface area contributed by atoms with E-state index in [2.05, 4.69) is 19.1 Å². The van der Waals surface area contributed by atoms with Gasteiger partial charge in [-0.2, -0.15) is 0 Å². The molecule has 0 radical (unpaired) electrons. The zero-order valence-corrected chi connectivity index (χ0v) is 13.9. The first-order valence-electron chi connectivity index (χ1n) is 8.42. The smallest absolute Gasteiger partial charge is 0.119 e. The van der Waals surface area contributed by atoms with Crippen molar-refractivity contribution in [1.82, 2.24) is 0 Å². The number of unbranched alkanes of at least 4 members (excludes halogenated alkanes) is 2. The predicted octanol–water partition coefficient (Wildman–Crippen LogP) is 3.84. The van der Waals surface area contributed by atoms with Crippen molar-refractivity contribution in [2.45, 2.75) is 38.7 Å². The van der Waals surface area contributed by atoms with Crippen LogP contribution >= 0.6 is 0 Å². The van der Waals surface area contributed by atoms with Crippen molar-refractivity contribution in [2.24, 2.45) is 5.73 Å². The number of aliphatic hydroxyl groups is 1. The van der Waals surface area contributed by atoms with Crippen LogP contribution in [0.25, 0.3) is 0 Å². The molecule has 0 heterocycles. The lowest BCUT2D eigenvalue weighted by atomic mass is 9.96. The van der Waals surface area contributed by atoms with Crippen LogP contribution in [-0.2, 0) is 6.42 Å². The Morgan fingerprint density at radius 3 is 2.70 bits per heavy atom. The maximum atomic E-state index is 10.1. The van der Waals surface area contributed by atoms with Gasteiger partial charge in [-0.3, -0.25) is 0 Å². The van der Waals surface area contributed by atoms with Gasteiger partial charge in [0.25, 0.3) is 0 Å². The number of aliphatic hydroxyl groups excluding tert-OH is 1. The first-order valence-corrected chi connectivity index (χ1v) is 8.42. The van der Waals surface area contributed by atoms with Gasteiger partial charge in [-0.15, -0.1) is 0 Å². The van der Waals surface area contributed by atoms with Crippen molar-refractivity contribution < 1.29 is 9.84 Å². The summed E-state index contributed by atoms with van der Waals surface area (Å²) in [6.45, 7) is 3.19. The van der Waals surface area contributed by atoms with Crippen LogP contribution in [0.15, 0.2) is 48.5 Å². The fourth-order valence-electron chi connectivity index (χ4n) is 2.65. The molecule has 0 aliphatic rings. The van der Waals surface area contributed by atoms with Gasteiger partial charge in [0, 0.05) is 6.54 Å². The number of ether oxygens (including phenoxy) is 1. The second-order valence-corrected chi connectivity index (χ2v) is 5.83. The Labute approximate surface area is 139 Å². The van der Waals surface area contributed by atoms with E-state index in [0.29, 0.717) is 0 Å². The van der Waals surface area contributed by atoms with Crippen LogP contribution in [0.1, 0.15) is 49.0 Å². The third-order valence-electron chi connectivity index (χ3n) is 3.95. The molecule has 3 N–H and O–H groups in total. The molecule has 3 heteroatoms. The molecule has 2 aromatic rings. The summed E-state index contributed by atoms with van der Waals surface area (Å²) in [5, 5.41) is 10.1. The Morgan fingerprint density at radius 2 is 1.91 bits per heavy atom. The summed E-state index contributed by atoms with van der Waals surface area (Å²) >= 11 is 0. The Balaban J connectivity index is 2.06. The quantitative estimate of drug-likeness (QED) is 0.692. The minimum atomic E-state index is -0.611. The minimum absolute atomic E-state index is 0.234. The number of hydrogen-bond acceptors (Lipinski definition) is 3. The molecule has 2 aromatic carbocycles. The normalized spacial score (nSPS) is 12.1. The van der Waals surface area contributed by atoms with E-state index in [4.69, 9.17) is 10.5 Å². The van der Waals surface area contributed by atoms with Crippen LogP contribution in [0, 0.1) is 0 Å². The zero-order valence-electron chi connectivity index (χ0n) is 13.9. The number of rotatable bonds is 9. The van der Waals surface area contributed by atoms with E-state index in [1.165, 1.54) is 18.4 Å². The minimum Gasteiger partial charge on any atom is -0.494 e. The highest BCUT2D eigenvalue weighted by atomic mass is 16.5. The van der Waals surface area contributed by atoms with Crippen LogP contribution in [0.2, 0.25) is 0 Å². The summed E-state index contributed by atoms with van der Waals surface area (Å²) in [5.41, 5.74) is 8.79. The molecule has 0 amide bonds. The third kappa shape index (κ3) is 5.38. The predicted molar refractivity (Wildman–Crippen MR) is 94.7 cm³/mol. The lowest BCUT2D eigenvalue weighted by Gasteiger charge is -2.14. The fourth-order valence-corrected chi connectivity index (χ4v) is 2.65. The van der Waals surface area contributed by atoms with E-state index in [9.17, 15) is 5.11 Å². The molecule has 0 aliphatic carbocycles. The van der Waals surface area contributed by atoms with Crippen molar-refractivity contribution >= 4 is 0 Å². The van der Waals surface area contributed by atoms with Gasteiger partial charge in [-0.1, -0.05) is 56.2 Å². The Morgan fingerprint density at radius 1 is 1.09 bits per heavy atom. The van der Waals surface area contributed by atoms with Gasteiger partial charge in [0.1, 0.15) is 5.75 Å². The molecule has 0 bridgehead atoms. The van der Waals surface area contributed by atoms with Crippen molar-refractivity contribution in [3.05, 3.63) is 65.2 Å². The number of nitrogens with two attached hydrogens (primary N) is 1. The largest absolute Gasteiger partial charge is 0.494 e. The van der Waals surface area contributed by atoms with Crippen LogP contribution in [-0.4, -0.2) is 18.3 Å². The van der Waals surface area contributed by atoms with Crippen LogP contribution in [0.4, 0.5) is 0 Å². The lowest BCUT2D eigenvalue weighted by molar-refractivity contribution is 0.186. The van der Waals surface area contributed by atoms with Crippen LogP contribution in [0.3, 0.4) is 0 Å². The van der Waals surface area contributed by atoms with Crippen molar-refractivity contribution in [3.63, 3.8) is 0 Å². The molecule has 1 atom stereocenters. The zero-order chi connectivity index (χ0) is 16.5. The SMILES string of the molecule is CCCCCOc1cccc(Cc2ccccc2C(O)CN)c1. The van der Waals surface area contributed by atoms with Crippen molar-refractivity contribution in [1.29, 1.82) is 0 Å². The summed E-state index contributed by atoms with van der Waals surface area (Å²) in [6.07, 6.45) is 3.64. The van der Waals surface area contributed by atoms with Crippen molar-refractivity contribution in [2.75, 3.05) is 13.2 Å². The number of benzene rings is 2. The maximum Gasteiger partial charge on any atom is 0.119 e. The van der Waals surface area contributed by atoms with E-state index in [1.54, 1.807) is 0 Å². The van der Waals surface area contributed by atoms with Crippen LogP contribution < -0.4 is 10.5 Å². The molecule has 0 aliphatic heterocycles. The molecule has 0 saturated carbocycles. The molecule has 0 spiro atoms. The van der Waals surface area contributed by atoms with E-state index >= 15 is 0 Å². The molecule has 0 aromatic heterocycles. The average Bonchev–Trinajstić information content (AvgIpc) is 2.59. The van der Waals surface area contributed by atoms with Crippen LogP contribution in [0.5, 0.6) is 5.75 Å². The lowest BCUT2D eigenvalue weighted by Crippen LogP contribution is -2.13. The monoisotopic (exact) mass is 313 g/mol. The molecule has 23 heavy (non-hydrogen) atoms. The van der Waals surface area contributed by atoms with Gasteiger partial charge < -0.3 is 15.6 Å². The summed E-state index contributed by atoms with van der Waals surface area (Å²) in [7, 11) is 0. The highest BCUT2D eigenvalue weighted by Gasteiger charge is 2.10. The molecular weight excluding hydrogens is 286 g/mol. The summed E-state index contributed by atoms with van der Waals surface area (Å²) in [5.74, 6) is 0.912. The standard InChI is InChI=1S/C20H27NO2/c1-2-3-6-12-23-18-10-7-8-16(14-18)13-17-9-4-5-11-19(17)20(22)15-21/h4-5,7-11,14,20,22H,2-3,6,12-13,15,21H2,1H3. The molecule has 3 nitrogen and oxygen atoms in total. The fraction of sp³-hybridized carbons (Fsp3) is 0.400. The topological polar surface area (TPSA) is 55.5 Å². The summed E-state index contributed by atoms with van der Waals surface area (Å²) < 4.78 is 5.82. The van der Waals surface area contributed by atoms with Gasteiger partial charge in [0.2, 0.25) is 0 Å². The molecule has 1 unspecified atom stereocenters. The summed E-state index contributed by atoms with van der Waals surface area (Å²) in [6, 6.07) is 16.1. The highest BCUT2D eigenvalue weighted by Crippen LogP contribution is 2.22. The first-order chi connectivity index (χ1) is 11.2. The highest BCUT2D eigenvalue weighted by molar-refractivity contribution is 5.37. The second-order valence-electron chi connectivity index (χ2n) is 5.83. The molecule has 124 valence electrons. The molecule has 0 saturated heterocycles. The molecule has 2 rings (SSSR count). The van der Waals surface area contributed by atoms with E-state index < -0.39 is 6.10 Å². The van der Waals surface area contributed by atoms with Gasteiger partial charge in [0.05, 0.1) is 12.7 Å². The van der Waals surface area contributed by atoms with Gasteiger partial charge in [0.15, 0.2) is 0 Å². The van der Waals surface area contributed by atoms with Gasteiger partial charge in [-0.05, 0) is 41.7 Å². The Kier molecular flexibility index (Phi) is 7.11. The second kappa shape index (κ2) is 9.33. The third-order valence-corrected chi connectivity index (χ3v) is 3.95. The Hall–Kier alpha value is -1.84. The number of hydrogen-bond donors (Lipinski definition) is 2. The van der Waals surface area contributed by atoms with E-state index in [-0.39, 0.29) is 6.54 Å². The average molecular weight is 313 g/mol. The molecule has 0 fully saturated rings. The van der Waals surface area contributed by atoms with E-state index in [0.717, 1.165) is 36.3 Å². The summed E-state index contributed by atoms with van der Waals surface area (Å²) in [4.78, 5) is 0. The first kappa shape index (κ1) is 17.5. The maximum absolute atomic E-state index is 10.1. The van der Waals surface area contributed by atoms with Gasteiger partial charge in [-0.25, -0.2) is 0 Å².